The van der Waals surface area contributed by atoms with Gasteiger partial charge in [0.05, 0.1) is 31.1 Å². The second kappa shape index (κ2) is 8.81. The van der Waals surface area contributed by atoms with Crippen LogP contribution >= 0.6 is 0 Å². The molecule has 3 aromatic rings. The summed E-state index contributed by atoms with van der Waals surface area (Å²) < 4.78 is 48.1. The first-order chi connectivity index (χ1) is 14.9. The predicted octanol–water partition coefficient (Wildman–Crippen LogP) is 4.14. The molecule has 1 aliphatic rings. The van der Waals surface area contributed by atoms with Crippen molar-refractivity contribution in [2.45, 2.75) is 26.2 Å². The lowest BCUT2D eigenvalue weighted by molar-refractivity contribution is 0.101. The van der Waals surface area contributed by atoms with Gasteiger partial charge in [0, 0.05) is 42.9 Å². The van der Waals surface area contributed by atoms with E-state index in [4.69, 9.17) is 4.74 Å². The van der Waals surface area contributed by atoms with Gasteiger partial charge >= 0.3 is 6.03 Å². The number of urea groups is 1. The van der Waals surface area contributed by atoms with E-state index in [-0.39, 0.29) is 31.3 Å². The molecule has 4 rings (SSSR count). The molecule has 0 spiro atoms. The predicted molar refractivity (Wildman–Crippen MR) is 108 cm³/mol. The van der Waals surface area contributed by atoms with Crippen molar-refractivity contribution in [1.29, 1.82) is 0 Å². The van der Waals surface area contributed by atoms with Crippen LogP contribution in [0.3, 0.4) is 0 Å². The van der Waals surface area contributed by atoms with Crippen LogP contribution < -0.4 is 5.32 Å². The average Bonchev–Trinajstić information content (AvgIpc) is 3.06. The molecule has 0 aliphatic carbocycles. The number of aromatic nitrogens is 2. The van der Waals surface area contributed by atoms with Gasteiger partial charge in [-0.2, -0.15) is 5.10 Å². The molecule has 0 saturated carbocycles. The maximum Gasteiger partial charge on any atom is 0.322 e. The van der Waals surface area contributed by atoms with Crippen molar-refractivity contribution < 1.29 is 22.7 Å². The molecular formula is C22H21F3N4O2. The first-order valence-electron chi connectivity index (χ1n) is 9.78. The summed E-state index contributed by atoms with van der Waals surface area (Å²) in [6, 6.07) is 8.89. The third-order valence-electron chi connectivity index (χ3n) is 5.24. The fourth-order valence-electron chi connectivity index (χ4n) is 3.62. The average molecular weight is 430 g/mol. The highest BCUT2D eigenvalue weighted by atomic mass is 19.1. The van der Waals surface area contributed by atoms with Crippen molar-refractivity contribution in [2.75, 3.05) is 11.9 Å². The molecule has 0 bridgehead atoms. The van der Waals surface area contributed by atoms with Crippen molar-refractivity contribution in [1.82, 2.24) is 14.7 Å². The number of nitrogens with one attached hydrogen (secondary N) is 1. The lowest BCUT2D eigenvalue weighted by Crippen LogP contribution is -2.39. The summed E-state index contributed by atoms with van der Waals surface area (Å²) >= 11 is 0. The van der Waals surface area contributed by atoms with Crippen LogP contribution in [-0.2, 0) is 38.0 Å². The Kier molecular flexibility index (Phi) is 5.94. The summed E-state index contributed by atoms with van der Waals surface area (Å²) in [5.41, 5.74) is 2.88. The van der Waals surface area contributed by atoms with Crippen molar-refractivity contribution in [2.24, 2.45) is 7.05 Å². The van der Waals surface area contributed by atoms with E-state index in [1.165, 1.54) is 17.0 Å². The Morgan fingerprint density at radius 3 is 2.71 bits per heavy atom. The summed E-state index contributed by atoms with van der Waals surface area (Å²) in [5.74, 6) is -1.88. The van der Waals surface area contributed by atoms with E-state index in [0.717, 1.165) is 23.4 Å². The molecule has 1 N–H and O–H groups in total. The second-order valence-electron chi connectivity index (χ2n) is 7.31. The number of hydrogen-bond acceptors (Lipinski definition) is 3. The zero-order valence-electron chi connectivity index (χ0n) is 16.9. The minimum atomic E-state index is -0.838. The van der Waals surface area contributed by atoms with Crippen LogP contribution in [0.4, 0.5) is 23.7 Å². The summed E-state index contributed by atoms with van der Waals surface area (Å²) in [6.45, 7) is 0.971. The van der Waals surface area contributed by atoms with Gasteiger partial charge in [0.15, 0.2) is 0 Å². The normalized spacial score (nSPS) is 13.2. The molecule has 162 valence electrons. The van der Waals surface area contributed by atoms with Crippen molar-refractivity contribution >= 4 is 11.7 Å². The Labute approximate surface area is 177 Å². The van der Waals surface area contributed by atoms with Gasteiger partial charge in [0.2, 0.25) is 0 Å². The lowest BCUT2D eigenvalue weighted by Gasteiger charge is -2.28. The molecule has 0 atom stereocenters. The number of fused-ring (bicyclic) bond motifs is 1. The van der Waals surface area contributed by atoms with Gasteiger partial charge in [0.25, 0.3) is 0 Å². The topological polar surface area (TPSA) is 59.4 Å². The van der Waals surface area contributed by atoms with Crippen LogP contribution in [0, 0.1) is 17.5 Å². The van der Waals surface area contributed by atoms with Crippen LogP contribution in [0.15, 0.2) is 42.5 Å². The number of carbonyl (C=O) groups excluding carboxylic acids is 1. The molecule has 0 saturated heterocycles. The Hall–Kier alpha value is -3.33. The number of nitrogens with zero attached hydrogens (tertiary/aromatic N) is 3. The Bertz CT molecular complexity index is 1120. The molecule has 2 aromatic carbocycles. The van der Waals surface area contributed by atoms with Crippen LogP contribution in [0.1, 0.15) is 22.5 Å². The summed E-state index contributed by atoms with van der Waals surface area (Å²) in [4.78, 5) is 14.2. The number of ether oxygens (including phenoxy) is 1. The van der Waals surface area contributed by atoms with Crippen LogP contribution in [-0.4, -0.2) is 27.3 Å². The largest absolute Gasteiger partial charge is 0.370 e. The maximum absolute atomic E-state index is 13.9. The molecule has 2 amide bonds. The van der Waals surface area contributed by atoms with E-state index in [1.54, 1.807) is 22.9 Å². The van der Waals surface area contributed by atoms with Crippen molar-refractivity contribution in [3.63, 3.8) is 0 Å². The molecule has 31 heavy (non-hydrogen) atoms. The highest BCUT2D eigenvalue weighted by molar-refractivity contribution is 5.89. The van der Waals surface area contributed by atoms with E-state index in [9.17, 15) is 18.0 Å². The minimum absolute atomic E-state index is 0.0863. The van der Waals surface area contributed by atoms with Gasteiger partial charge in [-0.05, 0) is 18.2 Å². The standard InChI is InChI=1S/C22H21F3N4O2/c1-28-21-8-9-29(22(30)26-19-7-6-15(23)10-18(19)25)11-16(21)20(27-28)13-31-12-14-4-2-3-5-17(14)24/h2-7,10H,8-9,11-13H2,1H3,(H,26,30). The molecule has 1 aliphatic heterocycles. The van der Waals surface area contributed by atoms with Gasteiger partial charge in [-0.15, -0.1) is 0 Å². The summed E-state index contributed by atoms with van der Waals surface area (Å²) in [5, 5.41) is 6.97. The smallest absolute Gasteiger partial charge is 0.322 e. The molecule has 0 fully saturated rings. The molecule has 6 nitrogen and oxygen atoms in total. The third kappa shape index (κ3) is 4.56. The Morgan fingerprint density at radius 1 is 1.13 bits per heavy atom. The SMILES string of the molecule is Cn1nc(COCc2ccccc2F)c2c1CCN(C(=O)Nc1ccc(F)cc1F)C2. The fraction of sp³-hybridized carbons (Fsp3) is 0.273. The fourth-order valence-corrected chi connectivity index (χ4v) is 3.62. The lowest BCUT2D eigenvalue weighted by atomic mass is 10.1. The number of benzene rings is 2. The second-order valence-corrected chi connectivity index (χ2v) is 7.31. The first kappa shape index (κ1) is 20.9. The Balaban J connectivity index is 1.43. The first-order valence-corrected chi connectivity index (χ1v) is 9.78. The summed E-state index contributed by atoms with van der Waals surface area (Å²) in [7, 11) is 1.82. The molecule has 0 unspecified atom stereocenters. The van der Waals surface area contributed by atoms with Gasteiger partial charge in [-0.3, -0.25) is 4.68 Å². The third-order valence-corrected chi connectivity index (χ3v) is 5.24. The number of hydrogen-bond donors (Lipinski definition) is 1. The monoisotopic (exact) mass is 430 g/mol. The molecular weight excluding hydrogens is 409 g/mol. The molecule has 2 heterocycles. The highest BCUT2D eigenvalue weighted by Crippen LogP contribution is 2.24. The molecule has 9 heteroatoms. The van der Waals surface area contributed by atoms with E-state index in [2.05, 4.69) is 10.4 Å². The minimum Gasteiger partial charge on any atom is -0.370 e. The van der Waals surface area contributed by atoms with Gasteiger partial charge < -0.3 is 15.0 Å². The number of amides is 2. The Morgan fingerprint density at radius 2 is 1.94 bits per heavy atom. The zero-order valence-corrected chi connectivity index (χ0v) is 16.9. The summed E-state index contributed by atoms with van der Waals surface area (Å²) in [6.07, 6.45) is 0.575. The van der Waals surface area contributed by atoms with Crippen molar-refractivity contribution in [3.05, 3.63) is 82.4 Å². The van der Waals surface area contributed by atoms with Crippen LogP contribution in [0.5, 0.6) is 0 Å². The number of halogens is 3. The highest BCUT2D eigenvalue weighted by Gasteiger charge is 2.27. The van der Waals surface area contributed by atoms with E-state index >= 15 is 0 Å². The van der Waals surface area contributed by atoms with E-state index < -0.39 is 17.7 Å². The van der Waals surface area contributed by atoms with E-state index in [1.807, 2.05) is 7.05 Å². The number of rotatable bonds is 5. The number of anilines is 1. The zero-order chi connectivity index (χ0) is 22.0. The molecule has 0 radical (unpaired) electrons. The van der Waals surface area contributed by atoms with E-state index in [0.29, 0.717) is 24.2 Å². The van der Waals surface area contributed by atoms with Gasteiger partial charge in [-0.25, -0.2) is 18.0 Å². The maximum atomic E-state index is 13.9. The van der Waals surface area contributed by atoms with Gasteiger partial charge in [-0.1, -0.05) is 18.2 Å². The molecule has 1 aromatic heterocycles. The van der Waals surface area contributed by atoms with Crippen LogP contribution in [0.2, 0.25) is 0 Å². The quantitative estimate of drug-likeness (QED) is 0.662. The van der Waals surface area contributed by atoms with Gasteiger partial charge in [0.1, 0.15) is 17.5 Å². The number of aryl methyl sites for hydroxylation is 1. The van der Waals surface area contributed by atoms with Crippen LogP contribution in [0.25, 0.3) is 0 Å². The number of carbonyl (C=O) groups is 1. The van der Waals surface area contributed by atoms with Crippen molar-refractivity contribution in [3.8, 4) is 0 Å².